The van der Waals surface area contributed by atoms with Crippen LogP contribution >= 0.6 is 0 Å². The molecule has 2 aromatic rings. The largest absolute Gasteiger partial charge is 0.367 e. The molecule has 3 nitrogen and oxygen atoms in total. The lowest BCUT2D eigenvalue weighted by atomic mass is 10.1. The first-order valence-corrected chi connectivity index (χ1v) is 4.59. The summed E-state index contributed by atoms with van der Waals surface area (Å²) in [6.07, 6.45) is 0. The maximum absolute atomic E-state index is 13.4. The van der Waals surface area contributed by atoms with Gasteiger partial charge in [-0.15, -0.1) is 0 Å². The fraction of sp³-hybridized carbons (Fsp3) is 0.100. The van der Waals surface area contributed by atoms with Crippen LogP contribution in [0.25, 0.3) is 11.3 Å². The zero-order valence-corrected chi connectivity index (χ0v) is 8.82. The molecular formula is C10H5F5N2O. The summed E-state index contributed by atoms with van der Waals surface area (Å²) in [4.78, 5) is 0. The molecule has 0 aliphatic carbocycles. The third-order valence-corrected chi connectivity index (χ3v) is 2.41. The predicted octanol–water partition coefficient (Wildman–Crippen LogP) is 2.93. The van der Waals surface area contributed by atoms with Crippen LogP contribution in [-0.2, 0) is 0 Å². The molecule has 0 bridgehead atoms. The van der Waals surface area contributed by atoms with Gasteiger partial charge in [0.2, 0.25) is 11.7 Å². The summed E-state index contributed by atoms with van der Waals surface area (Å²) >= 11 is 0. The topological polar surface area (TPSA) is 52.0 Å². The van der Waals surface area contributed by atoms with E-state index in [2.05, 4.69) is 9.68 Å². The van der Waals surface area contributed by atoms with E-state index in [0.717, 1.165) is 0 Å². The van der Waals surface area contributed by atoms with E-state index in [0.29, 0.717) is 0 Å². The van der Waals surface area contributed by atoms with Crippen molar-refractivity contribution in [2.24, 2.45) is 0 Å². The summed E-state index contributed by atoms with van der Waals surface area (Å²) in [6, 6.07) is 0. The molecule has 0 amide bonds. The lowest BCUT2D eigenvalue weighted by molar-refractivity contribution is 0.379. The summed E-state index contributed by atoms with van der Waals surface area (Å²) in [5.41, 5.74) is 3.54. The highest BCUT2D eigenvalue weighted by Crippen LogP contribution is 2.34. The number of aromatic nitrogens is 1. The highest BCUT2D eigenvalue weighted by atomic mass is 19.2. The van der Waals surface area contributed by atoms with Crippen molar-refractivity contribution in [3.8, 4) is 11.3 Å². The van der Waals surface area contributed by atoms with Gasteiger partial charge in [0, 0.05) is 5.56 Å². The molecule has 0 aliphatic rings. The van der Waals surface area contributed by atoms with Gasteiger partial charge in [-0.2, -0.15) is 0 Å². The summed E-state index contributed by atoms with van der Waals surface area (Å²) in [5, 5.41) is 3.18. The van der Waals surface area contributed by atoms with Gasteiger partial charge < -0.3 is 10.3 Å². The van der Waals surface area contributed by atoms with Crippen molar-refractivity contribution in [1.82, 2.24) is 5.16 Å². The van der Waals surface area contributed by atoms with Gasteiger partial charge in [-0.3, -0.25) is 0 Å². The number of nitrogen functional groups attached to an aromatic ring is 1. The third kappa shape index (κ3) is 1.52. The van der Waals surface area contributed by atoms with Crippen LogP contribution < -0.4 is 5.73 Å². The second-order valence-electron chi connectivity index (χ2n) is 3.47. The summed E-state index contributed by atoms with van der Waals surface area (Å²) in [6.45, 7) is 1.28. The highest BCUT2D eigenvalue weighted by Gasteiger charge is 2.29. The van der Waals surface area contributed by atoms with Crippen LogP contribution in [0.1, 0.15) is 5.56 Å². The lowest BCUT2D eigenvalue weighted by Crippen LogP contribution is -2.04. The second-order valence-corrected chi connectivity index (χ2v) is 3.47. The first kappa shape index (κ1) is 12.3. The molecule has 1 heterocycles. The van der Waals surface area contributed by atoms with Crippen molar-refractivity contribution in [1.29, 1.82) is 0 Å². The average molecular weight is 264 g/mol. The zero-order valence-electron chi connectivity index (χ0n) is 8.82. The molecule has 96 valence electrons. The van der Waals surface area contributed by atoms with Gasteiger partial charge >= 0.3 is 0 Å². The minimum Gasteiger partial charge on any atom is -0.367 e. The fourth-order valence-corrected chi connectivity index (χ4v) is 1.39. The van der Waals surface area contributed by atoms with E-state index in [9.17, 15) is 22.0 Å². The molecule has 2 N–H and O–H groups in total. The number of rotatable bonds is 1. The van der Waals surface area contributed by atoms with Crippen molar-refractivity contribution in [2.45, 2.75) is 6.92 Å². The van der Waals surface area contributed by atoms with Crippen LogP contribution in [0.2, 0.25) is 0 Å². The molecule has 8 heteroatoms. The number of hydrogen-bond donors (Lipinski definition) is 1. The van der Waals surface area contributed by atoms with Crippen LogP contribution in [-0.4, -0.2) is 5.16 Å². The minimum atomic E-state index is -2.23. The van der Waals surface area contributed by atoms with E-state index >= 15 is 0 Å². The highest BCUT2D eigenvalue weighted by molar-refractivity contribution is 5.67. The lowest BCUT2D eigenvalue weighted by Gasteiger charge is -2.05. The smallest absolute Gasteiger partial charge is 0.225 e. The summed E-state index contributed by atoms with van der Waals surface area (Å²) < 4.78 is 70.1. The Morgan fingerprint density at radius 1 is 0.889 bits per heavy atom. The molecule has 0 aliphatic heterocycles. The Morgan fingerprint density at radius 3 is 1.72 bits per heavy atom. The van der Waals surface area contributed by atoms with E-state index in [4.69, 9.17) is 5.73 Å². The third-order valence-electron chi connectivity index (χ3n) is 2.41. The van der Waals surface area contributed by atoms with Crippen molar-refractivity contribution >= 4 is 5.88 Å². The van der Waals surface area contributed by atoms with Crippen LogP contribution in [0.4, 0.5) is 27.8 Å². The quantitative estimate of drug-likeness (QED) is 0.489. The monoisotopic (exact) mass is 264 g/mol. The number of nitrogens with two attached hydrogens (primary N) is 1. The number of halogens is 5. The molecule has 1 aromatic heterocycles. The van der Waals surface area contributed by atoms with Crippen LogP contribution in [0.5, 0.6) is 0 Å². The normalized spacial score (nSPS) is 11.0. The molecular weight excluding hydrogens is 259 g/mol. The molecule has 1 aromatic carbocycles. The van der Waals surface area contributed by atoms with Gasteiger partial charge in [-0.1, -0.05) is 5.16 Å². The van der Waals surface area contributed by atoms with Gasteiger partial charge in [-0.05, 0) is 6.92 Å². The number of anilines is 1. The molecule has 0 saturated heterocycles. The number of nitrogens with zero attached hydrogens (tertiary/aromatic N) is 1. The Bertz CT molecular complexity index is 609. The summed E-state index contributed by atoms with van der Waals surface area (Å²) in [7, 11) is 0. The zero-order chi connectivity index (χ0) is 13.6. The van der Waals surface area contributed by atoms with E-state index in [1.54, 1.807) is 0 Å². The Morgan fingerprint density at radius 2 is 1.33 bits per heavy atom. The van der Waals surface area contributed by atoms with Gasteiger partial charge in [0.15, 0.2) is 23.3 Å². The average Bonchev–Trinajstić information content (AvgIpc) is 2.66. The first-order chi connectivity index (χ1) is 8.36. The van der Waals surface area contributed by atoms with E-state index < -0.39 is 40.3 Å². The SMILES string of the molecule is Cc1c(-c2c(F)c(F)c(F)c(F)c2F)noc1N. The number of hydrogen-bond acceptors (Lipinski definition) is 3. The molecule has 18 heavy (non-hydrogen) atoms. The standard InChI is InChI=1S/C10H5F5N2O/c1-2-9(17-18-10(2)16)3-4(11)6(13)8(15)7(14)5(3)12/h16H2,1H3. The van der Waals surface area contributed by atoms with E-state index in [1.807, 2.05) is 0 Å². The Kier molecular flexibility index (Phi) is 2.72. The van der Waals surface area contributed by atoms with Gasteiger partial charge in [0.05, 0.1) is 5.56 Å². The molecule has 0 saturated carbocycles. The first-order valence-electron chi connectivity index (χ1n) is 4.59. The van der Waals surface area contributed by atoms with Crippen molar-refractivity contribution in [3.63, 3.8) is 0 Å². The van der Waals surface area contributed by atoms with Crippen molar-refractivity contribution < 1.29 is 26.5 Å². The predicted molar refractivity (Wildman–Crippen MR) is 50.9 cm³/mol. The molecule has 0 atom stereocenters. The van der Waals surface area contributed by atoms with Crippen LogP contribution in [0.15, 0.2) is 4.52 Å². The second kappa shape index (κ2) is 3.97. The summed E-state index contributed by atoms with van der Waals surface area (Å²) in [5.74, 6) is -10.6. The molecule has 2 rings (SSSR count). The number of benzene rings is 1. The van der Waals surface area contributed by atoms with Gasteiger partial charge in [-0.25, -0.2) is 22.0 Å². The molecule has 0 radical (unpaired) electrons. The van der Waals surface area contributed by atoms with E-state index in [-0.39, 0.29) is 11.4 Å². The molecule has 0 unspecified atom stereocenters. The Hall–Kier alpha value is -2.12. The Labute approximate surface area is 97.0 Å². The van der Waals surface area contributed by atoms with Crippen LogP contribution in [0.3, 0.4) is 0 Å². The minimum absolute atomic E-state index is 0.0155. The van der Waals surface area contributed by atoms with Gasteiger partial charge in [0.1, 0.15) is 5.69 Å². The molecule has 0 fully saturated rings. The van der Waals surface area contributed by atoms with Gasteiger partial charge in [0.25, 0.3) is 0 Å². The fourth-order valence-electron chi connectivity index (χ4n) is 1.39. The Balaban J connectivity index is 2.84. The molecule has 0 spiro atoms. The van der Waals surface area contributed by atoms with Crippen LogP contribution in [0, 0.1) is 36.0 Å². The maximum Gasteiger partial charge on any atom is 0.225 e. The van der Waals surface area contributed by atoms with Crippen molar-refractivity contribution in [3.05, 3.63) is 34.6 Å². The van der Waals surface area contributed by atoms with Crippen molar-refractivity contribution in [2.75, 3.05) is 5.73 Å². The van der Waals surface area contributed by atoms with E-state index in [1.165, 1.54) is 6.92 Å². The maximum atomic E-state index is 13.4.